The molecular formula is C28H29N5O3. The van der Waals surface area contributed by atoms with Crippen molar-refractivity contribution in [3.63, 3.8) is 0 Å². The second-order valence-electron chi connectivity index (χ2n) is 8.82. The molecule has 0 fully saturated rings. The summed E-state index contributed by atoms with van der Waals surface area (Å²) in [6, 6.07) is 19.2. The van der Waals surface area contributed by atoms with E-state index in [-0.39, 0.29) is 17.6 Å². The number of Topliss-reactive ketones (excluding diaryl/α,β-unsaturated/α-hetero) is 1. The molecule has 0 aliphatic rings. The van der Waals surface area contributed by atoms with E-state index < -0.39 is 0 Å². The number of nitrogen functional groups attached to an aromatic ring is 1. The Hall–Kier alpha value is -4.43. The van der Waals surface area contributed by atoms with E-state index >= 15 is 0 Å². The Morgan fingerprint density at radius 3 is 2.50 bits per heavy atom. The fourth-order valence-corrected chi connectivity index (χ4v) is 3.85. The number of hydrogen-bond acceptors (Lipinski definition) is 6. The molecule has 1 amide bonds. The molecule has 8 heteroatoms. The quantitative estimate of drug-likeness (QED) is 0.152. The topological polar surface area (TPSA) is 124 Å². The third-order valence-electron chi connectivity index (χ3n) is 5.83. The molecule has 0 bridgehead atoms. The zero-order chi connectivity index (χ0) is 25.7. The van der Waals surface area contributed by atoms with Gasteiger partial charge in [0.2, 0.25) is 0 Å². The van der Waals surface area contributed by atoms with Crippen LogP contribution in [-0.4, -0.2) is 53.5 Å². The molecule has 0 aliphatic carbocycles. The molecule has 0 aliphatic heterocycles. The highest BCUT2D eigenvalue weighted by Crippen LogP contribution is 2.28. The van der Waals surface area contributed by atoms with Crippen molar-refractivity contribution in [2.24, 2.45) is 4.99 Å². The third kappa shape index (κ3) is 5.79. The molecular weight excluding hydrogens is 454 g/mol. The number of aliphatic imine (C=N–C) groups is 1. The van der Waals surface area contributed by atoms with E-state index in [1.807, 2.05) is 19.0 Å². The van der Waals surface area contributed by atoms with Gasteiger partial charge in [-0.25, -0.2) is 0 Å². The summed E-state index contributed by atoms with van der Waals surface area (Å²) in [4.78, 5) is 34.6. The largest absolute Gasteiger partial charge is 0.494 e. The molecule has 0 saturated heterocycles. The van der Waals surface area contributed by atoms with Crippen molar-refractivity contribution in [2.45, 2.75) is 12.8 Å². The van der Waals surface area contributed by atoms with Crippen molar-refractivity contribution in [1.29, 1.82) is 0 Å². The molecule has 184 valence electrons. The van der Waals surface area contributed by atoms with Gasteiger partial charge in [-0.2, -0.15) is 0 Å². The number of aromatic hydroxyl groups is 1. The average molecular weight is 484 g/mol. The highest BCUT2D eigenvalue weighted by atomic mass is 16.3. The Bertz CT molecular complexity index is 1420. The highest BCUT2D eigenvalue weighted by Gasteiger charge is 2.13. The highest BCUT2D eigenvalue weighted by molar-refractivity contribution is 6.07. The van der Waals surface area contributed by atoms with Gasteiger partial charge in [-0.1, -0.05) is 12.1 Å². The Morgan fingerprint density at radius 2 is 1.78 bits per heavy atom. The maximum Gasteiger partial charge on any atom is 0.255 e. The fourth-order valence-electron chi connectivity index (χ4n) is 3.85. The second kappa shape index (κ2) is 10.9. The van der Waals surface area contributed by atoms with Crippen molar-refractivity contribution in [3.8, 4) is 5.88 Å². The van der Waals surface area contributed by atoms with E-state index in [0.717, 1.165) is 13.0 Å². The number of H-pyrrole nitrogens is 1. The van der Waals surface area contributed by atoms with E-state index in [1.165, 1.54) is 0 Å². The summed E-state index contributed by atoms with van der Waals surface area (Å²) in [6.45, 7) is 0.845. The van der Waals surface area contributed by atoms with Gasteiger partial charge < -0.3 is 26.0 Å². The minimum absolute atomic E-state index is 0.0256. The number of carbonyl (C=O) groups excluding carboxylic acids is 2. The monoisotopic (exact) mass is 483 g/mol. The van der Waals surface area contributed by atoms with E-state index in [0.29, 0.717) is 51.1 Å². The molecule has 5 N–H and O–H groups in total. The minimum atomic E-state index is -0.277. The number of hydrogen-bond donors (Lipinski definition) is 4. The Kier molecular flexibility index (Phi) is 7.46. The maximum absolute atomic E-state index is 12.6. The third-order valence-corrected chi connectivity index (χ3v) is 5.83. The number of ketones is 1. The number of aromatic nitrogens is 1. The summed E-state index contributed by atoms with van der Waals surface area (Å²) in [5.74, 6) is -0.240. The normalized spacial score (nSPS) is 11.4. The van der Waals surface area contributed by atoms with Crippen molar-refractivity contribution >= 4 is 45.9 Å². The lowest BCUT2D eigenvalue weighted by molar-refractivity contribution is 0.0976. The van der Waals surface area contributed by atoms with Crippen LogP contribution in [0, 0.1) is 0 Å². The van der Waals surface area contributed by atoms with Gasteiger partial charge in [-0.05, 0) is 81.7 Å². The van der Waals surface area contributed by atoms with Gasteiger partial charge in [0.05, 0.1) is 22.6 Å². The smallest absolute Gasteiger partial charge is 0.255 e. The second-order valence-corrected chi connectivity index (χ2v) is 8.82. The van der Waals surface area contributed by atoms with E-state index in [9.17, 15) is 14.7 Å². The molecule has 4 aromatic rings. The van der Waals surface area contributed by atoms with Crippen LogP contribution in [0.15, 0.2) is 71.7 Å². The van der Waals surface area contributed by atoms with Crippen molar-refractivity contribution < 1.29 is 14.7 Å². The molecule has 36 heavy (non-hydrogen) atoms. The van der Waals surface area contributed by atoms with Gasteiger partial charge in [0, 0.05) is 34.7 Å². The number of anilines is 2. The first kappa shape index (κ1) is 24.7. The van der Waals surface area contributed by atoms with Crippen molar-refractivity contribution in [2.75, 3.05) is 31.7 Å². The van der Waals surface area contributed by atoms with E-state index in [2.05, 4.69) is 15.3 Å². The summed E-state index contributed by atoms with van der Waals surface area (Å²) in [5.41, 5.74) is 9.81. The summed E-state index contributed by atoms with van der Waals surface area (Å²) in [7, 11) is 3.96. The predicted molar refractivity (Wildman–Crippen MR) is 145 cm³/mol. The number of nitrogens with two attached hydrogens (primary N) is 1. The lowest BCUT2D eigenvalue weighted by Crippen LogP contribution is -2.14. The van der Waals surface area contributed by atoms with Gasteiger partial charge in [0.15, 0.2) is 11.7 Å². The van der Waals surface area contributed by atoms with Gasteiger partial charge in [0.25, 0.3) is 5.91 Å². The van der Waals surface area contributed by atoms with Gasteiger partial charge in [-0.3, -0.25) is 14.6 Å². The molecule has 1 heterocycles. The van der Waals surface area contributed by atoms with Crippen LogP contribution in [0.3, 0.4) is 0 Å². The summed E-state index contributed by atoms with van der Waals surface area (Å²) in [6.07, 6.45) is 2.79. The van der Waals surface area contributed by atoms with E-state index in [1.54, 1.807) is 72.9 Å². The van der Waals surface area contributed by atoms with Crippen LogP contribution in [-0.2, 0) is 0 Å². The molecule has 0 radical (unpaired) electrons. The number of amides is 1. The van der Waals surface area contributed by atoms with Crippen LogP contribution in [0.2, 0.25) is 0 Å². The van der Waals surface area contributed by atoms with Gasteiger partial charge in [0.1, 0.15) is 0 Å². The van der Waals surface area contributed by atoms with E-state index in [4.69, 9.17) is 5.73 Å². The van der Waals surface area contributed by atoms with Crippen LogP contribution in [0.4, 0.5) is 17.1 Å². The Morgan fingerprint density at radius 1 is 1.06 bits per heavy atom. The fraction of sp³-hybridized carbons (Fsp3) is 0.179. The number of carbonyl (C=O) groups is 2. The number of nitrogens with one attached hydrogen (secondary N) is 2. The maximum atomic E-state index is 12.6. The number of fused-ring (bicyclic) bond motifs is 1. The summed E-state index contributed by atoms with van der Waals surface area (Å²) >= 11 is 0. The van der Waals surface area contributed by atoms with Crippen LogP contribution in [0.25, 0.3) is 10.9 Å². The SMILES string of the molecule is CN(C)CCCC(=O)c1ccc2[nH]c(O)c(C=Nc3ccc(C(=O)Nc4ccccc4N)cc3)c2c1. The van der Waals surface area contributed by atoms with Crippen molar-refractivity contribution in [3.05, 3.63) is 83.4 Å². The Balaban J connectivity index is 1.49. The molecule has 8 nitrogen and oxygen atoms in total. The molecule has 3 aromatic carbocycles. The molecule has 0 saturated carbocycles. The lowest BCUT2D eigenvalue weighted by Gasteiger charge is -2.08. The van der Waals surface area contributed by atoms with Gasteiger partial charge >= 0.3 is 0 Å². The standard InChI is InChI=1S/C28H29N5O3/c1-33(2)15-5-8-26(34)19-11-14-24-21(16-19)22(28(36)31-24)17-30-20-12-9-18(10-13-20)27(35)32-25-7-4-3-6-23(25)29/h3-4,6-7,9-14,16-17,31,36H,5,8,15,29H2,1-2H3,(H,32,35). The molecule has 4 rings (SSSR count). The number of para-hydroxylation sites is 2. The first-order valence-electron chi connectivity index (χ1n) is 11.6. The lowest BCUT2D eigenvalue weighted by atomic mass is 10.0. The first-order chi connectivity index (χ1) is 17.3. The summed E-state index contributed by atoms with van der Waals surface area (Å²) in [5, 5.41) is 13.9. The number of nitrogens with zero attached hydrogens (tertiary/aromatic N) is 2. The van der Waals surface area contributed by atoms with Crippen LogP contribution in [0.1, 0.15) is 39.1 Å². The number of rotatable bonds is 9. The van der Waals surface area contributed by atoms with Crippen molar-refractivity contribution in [1.82, 2.24) is 9.88 Å². The number of aromatic amines is 1. The zero-order valence-corrected chi connectivity index (χ0v) is 20.3. The molecule has 0 atom stereocenters. The zero-order valence-electron chi connectivity index (χ0n) is 20.3. The predicted octanol–water partition coefficient (Wildman–Crippen LogP) is 4.98. The number of benzene rings is 3. The Labute approximate surface area is 209 Å². The van der Waals surface area contributed by atoms with Crippen LogP contribution < -0.4 is 11.1 Å². The van der Waals surface area contributed by atoms with Gasteiger partial charge in [-0.15, -0.1) is 0 Å². The first-order valence-corrected chi connectivity index (χ1v) is 11.6. The van der Waals surface area contributed by atoms with Crippen LogP contribution >= 0.6 is 0 Å². The molecule has 1 aromatic heterocycles. The van der Waals surface area contributed by atoms with Crippen LogP contribution in [0.5, 0.6) is 5.88 Å². The molecule has 0 unspecified atom stereocenters. The average Bonchev–Trinajstić information content (AvgIpc) is 3.18. The minimum Gasteiger partial charge on any atom is -0.494 e. The molecule has 0 spiro atoms. The summed E-state index contributed by atoms with van der Waals surface area (Å²) < 4.78 is 0.